The van der Waals surface area contributed by atoms with Gasteiger partial charge in [0.1, 0.15) is 5.78 Å². The largest absolute Gasteiger partial charge is 0.376 e. The lowest BCUT2D eigenvalue weighted by atomic mass is 9.69. The van der Waals surface area contributed by atoms with Crippen molar-refractivity contribution in [2.24, 2.45) is 5.92 Å². The van der Waals surface area contributed by atoms with E-state index in [9.17, 15) is 14.7 Å². The molecule has 0 unspecified atom stereocenters. The van der Waals surface area contributed by atoms with E-state index in [1.54, 1.807) is 48.5 Å². The van der Waals surface area contributed by atoms with Crippen LogP contribution in [0.3, 0.4) is 0 Å². The van der Waals surface area contributed by atoms with E-state index in [0.717, 1.165) is 12.8 Å². The molecule has 3 nitrogen and oxygen atoms in total. The van der Waals surface area contributed by atoms with Crippen LogP contribution in [0.4, 0.5) is 0 Å². The van der Waals surface area contributed by atoms with E-state index in [1.165, 1.54) is 0 Å². The minimum Gasteiger partial charge on any atom is -0.376 e. The highest BCUT2D eigenvalue weighted by molar-refractivity contribution is 6.06. The third-order valence-electron chi connectivity index (χ3n) is 4.65. The molecule has 2 aromatic carbocycles. The van der Waals surface area contributed by atoms with Gasteiger partial charge in [0.25, 0.3) is 0 Å². The lowest BCUT2D eigenvalue weighted by molar-refractivity contribution is -0.133. The zero-order chi connectivity index (χ0) is 16.3. The zero-order valence-electron chi connectivity index (χ0n) is 12.9. The third kappa shape index (κ3) is 2.84. The van der Waals surface area contributed by atoms with Gasteiger partial charge < -0.3 is 5.11 Å². The van der Waals surface area contributed by atoms with Gasteiger partial charge in [0.05, 0.1) is 5.92 Å². The summed E-state index contributed by atoms with van der Waals surface area (Å²) in [6.07, 6.45) is 2.66. The summed E-state index contributed by atoms with van der Waals surface area (Å²) in [4.78, 5) is 25.5. The number of carbonyl (C=O) groups is 2. The van der Waals surface area contributed by atoms with Crippen molar-refractivity contribution < 1.29 is 14.7 Å². The van der Waals surface area contributed by atoms with Crippen molar-refractivity contribution in [3.8, 4) is 0 Å². The molecule has 0 radical (unpaired) electrons. The number of rotatable bonds is 4. The second-order valence-electron chi connectivity index (χ2n) is 6.09. The Morgan fingerprint density at radius 3 is 2.17 bits per heavy atom. The smallest absolute Gasteiger partial charge is 0.199 e. The van der Waals surface area contributed by atoms with E-state index in [2.05, 4.69) is 0 Å². The molecule has 1 saturated carbocycles. The van der Waals surface area contributed by atoms with E-state index in [-0.39, 0.29) is 5.78 Å². The number of ketones is 2. The second-order valence-corrected chi connectivity index (χ2v) is 6.09. The number of hydrogen-bond acceptors (Lipinski definition) is 3. The van der Waals surface area contributed by atoms with Crippen LogP contribution in [0.15, 0.2) is 60.7 Å². The molecule has 23 heavy (non-hydrogen) atoms. The van der Waals surface area contributed by atoms with E-state index < -0.39 is 17.3 Å². The average molecular weight is 308 g/mol. The van der Waals surface area contributed by atoms with Gasteiger partial charge in [-0.15, -0.1) is 0 Å². The number of carbonyl (C=O) groups excluding carboxylic acids is 2. The number of benzene rings is 2. The number of aliphatic hydroxyl groups is 1. The van der Waals surface area contributed by atoms with Gasteiger partial charge in [-0.25, -0.2) is 0 Å². The molecule has 0 aromatic heterocycles. The molecule has 1 fully saturated rings. The Morgan fingerprint density at radius 2 is 1.57 bits per heavy atom. The Hall–Kier alpha value is -2.26. The maximum absolute atomic E-state index is 13.1. The highest BCUT2D eigenvalue weighted by Gasteiger charge is 2.49. The second kappa shape index (κ2) is 6.47. The topological polar surface area (TPSA) is 54.4 Å². The number of hydrogen-bond donors (Lipinski definition) is 1. The molecule has 3 heteroatoms. The molecule has 1 aliphatic rings. The summed E-state index contributed by atoms with van der Waals surface area (Å²) in [6.45, 7) is 0. The van der Waals surface area contributed by atoms with E-state index in [0.29, 0.717) is 24.0 Å². The first-order valence-electron chi connectivity index (χ1n) is 8.04. The SMILES string of the molecule is O=C1CCCC[C@H]1[C@@](O)(C(=O)c1ccccc1)c1ccccc1. The predicted octanol–water partition coefficient (Wildman–Crippen LogP) is 3.52. The minimum atomic E-state index is -1.79. The molecular weight excluding hydrogens is 288 g/mol. The van der Waals surface area contributed by atoms with Crippen molar-refractivity contribution in [2.75, 3.05) is 0 Å². The van der Waals surface area contributed by atoms with Crippen LogP contribution in [0.1, 0.15) is 41.6 Å². The van der Waals surface area contributed by atoms with Crippen LogP contribution in [0.25, 0.3) is 0 Å². The first-order valence-corrected chi connectivity index (χ1v) is 8.04. The molecular formula is C20H20O3. The fraction of sp³-hybridized carbons (Fsp3) is 0.300. The average Bonchev–Trinajstić information content (AvgIpc) is 2.62. The van der Waals surface area contributed by atoms with Crippen molar-refractivity contribution >= 4 is 11.6 Å². The summed E-state index contributed by atoms with van der Waals surface area (Å²) in [6, 6.07) is 17.6. The summed E-state index contributed by atoms with van der Waals surface area (Å²) in [7, 11) is 0. The van der Waals surface area contributed by atoms with Gasteiger partial charge in [-0.05, 0) is 18.4 Å². The van der Waals surface area contributed by atoms with Gasteiger partial charge in [0, 0.05) is 12.0 Å². The van der Waals surface area contributed by atoms with Crippen LogP contribution in [0, 0.1) is 5.92 Å². The zero-order valence-corrected chi connectivity index (χ0v) is 12.9. The summed E-state index contributed by atoms with van der Waals surface area (Å²) in [5.41, 5.74) is -0.869. The molecule has 2 aromatic rings. The normalized spacial score (nSPS) is 20.7. The summed E-state index contributed by atoms with van der Waals surface area (Å²) in [5, 5.41) is 11.4. The molecule has 1 N–H and O–H groups in total. The Balaban J connectivity index is 2.10. The van der Waals surface area contributed by atoms with Crippen LogP contribution in [-0.2, 0) is 10.4 Å². The molecule has 0 heterocycles. The van der Waals surface area contributed by atoms with Crippen molar-refractivity contribution in [1.29, 1.82) is 0 Å². The lowest BCUT2D eigenvalue weighted by Crippen LogP contribution is -2.47. The maximum atomic E-state index is 13.1. The van der Waals surface area contributed by atoms with Gasteiger partial charge in [-0.1, -0.05) is 67.1 Å². The van der Waals surface area contributed by atoms with Crippen molar-refractivity contribution in [3.05, 3.63) is 71.8 Å². The highest BCUT2D eigenvalue weighted by atomic mass is 16.3. The Labute approximate surface area is 136 Å². The lowest BCUT2D eigenvalue weighted by Gasteiger charge is -2.36. The summed E-state index contributed by atoms with van der Waals surface area (Å²) >= 11 is 0. The van der Waals surface area contributed by atoms with Crippen LogP contribution in [0.2, 0.25) is 0 Å². The van der Waals surface area contributed by atoms with Crippen molar-refractivity contribution in [3.63, 3.8) is 0 Å². The number of Topliss-reactive ketones (excluding diaryl/α,β-unsaturated/α-hetero) is 2. The quantitative estimate of drug-likeness (QED) is 0.879. The molecule has 0 amide bonds. The molecule has 0 bridgehead atoms. The molecule has 0 aliphatic heterocycles. The Morgan fingerprint density at radius 1 is 0.957 bits per heavy atom. The van der Waals surface area contributed by atoms with Gasteiger partial charge in [-0.2, -0.15) is 0 Å². The van der Waals surface area contributed by atoms with Crippen LogP contribution in [-0.4, -0.2) is 16.7 Å². The highest BCUT2D eigenvalue weighted by Crippen LogP contribution is 2.39. The van der Waals surface area contributed by atoms with E-state index in [1.807, 2.05) is 12.1 Å². The van der Waals surface area contributed by atoms with Crippen LogP contribution < -0.4 is 0 Å². The van der Waals surface area contributed by atoms with E-state index >= 15 is 0 Å². The first-order chi connectivity index (χ1) is 11.1. The monoisotopic (exact) mass is 308 g/mol. The Bertz CT molecular complexity index is 693. The molecule has 3 rings (SSSR count). The van der Waals surface area contributed by atoms with Crippen LogP contribution in [0.5, 0.6) is 0 Å². The third-order valence-corrected chi connectivity index (χ3v) is 4.65. The van der Waals surface area contributed by atoms with Crippen LogP contribution >= 0.6 is 0 Å². The Kier molecular flexibility index (Phi) is 4.39. The first kappa shape index (κ1) is 15.6. The van der Waals surface area contributed by atoms with Crippen molar-refractivity contribution in [1.82, 2.24) is 0 Å². The van der Waals surface area contributed by atoms with Gasteiger partial charge in [-0.3, -0.25) is 9.59 Å². The molecule has 0 saturated heterocycles. The molecule has 1 aliphatic carbocycles. The predicted molar refractivity (Wildman–Crippen MR) is 88.1 cm³/mol. The molecule has 2 atom stereocenters. The maximum Gasteiger partial charge on any atom is 0.199 e. The van der Waals surface area contributed by atoms with E-state index in [4.69, 9.17) is 0 Å². The fourth-order valence-electron chi connectivity index (χ4n) is 3.42. The minimum absolute atomic E-state index is 0.0214. The summed E-state index contributed by atoms with van der Waals surface area (Å²) < 4.78 is 0. The van der Waals surface area contributed by atoms with Gasteiger partial charge >= 0.3 is 0 Å². The van der Waals surface area contributed by atoms with Gasteiger partial charge in [0.15, 0.2) is 11.4 Å². The standard InChI is InChI=1S/C20H20O3/c21-18-14-8-7-13-17(18)20(23,16-11-5-2-6-12-16)19(22)15-9-3-1-4-10-15/h1-6,9-12,17,23H,7-8,13-14H2/t17-,20-/m1/s1. The fourth-order valence-corrected chi connectivity index (χ4v) is 3.42. The van der Waals surface area contributed by atoms with Crippen molar-refractivity contribution in [2.45, 2.75) is 31.3 Å². The molecule has 0 spiro atoms. The molecule has 118 valence electrons. The summed E-state index contributed by atoms with van der Waals surface area (Å²) in [5.74, 6) is -1.09. The van der Waals surface area contributed by atoms with Gasteiger partial charge in [0.2, 0.25) is 0 Å².